The van der Waals surface area contributed by atoms with Crippen molar-refractivity contribution in [2.45, 2.75) is 13.3 Å². The average molecular weight is 351 g/mol. The van der Waals surface area contributed by atoms with Crippen LogP contribution in [0.3, 0.4) is 0 Å². The molecule has 0 aliphatic carbocycles. The van der Waals surface area contributed by atoms with E-state index in [2.05, 4.69) is 15.5 Å². The first-order valence-corrected chi connectivity index (χ1v) is 8.12. The molecule has 26 heavy (non-hydrogen) atoms. The van der Waals surface area contributed by atoms with Crippen molar-refractivity contribution in [3.05, 3.63) is 59.8 Å². The molecule has 2 aromatic carbocycles. The molecule has 1 heterocycles. The number of H-pyrrole nitrogens is 1. The second-order valence-electron chi connectivity index (χ2n) is 5.60. The molecule has 0 bridgehead atoms. The fourth-order valence-corrected chi connectivity index (χ4v) is 2.39. The highest BCUT2D eigenvalue weighted by Crippen LogP contribution is 2.16. The van der Waals surface area contributed by atoms with Crippen molar-refractivity contribution in [2.24, 2.45) is 0 Å². The molecular formula is C19H17N3O4. The number of ketones is 1. The Morgan fingerprint density at radius 1 is 1.08 bits per heavy atom. The number of aromatic nitrogens is 2. The van der Waals surface area contributed by atoms with E-state index in [1.807, 2.05) is 6.07 Å². The molecular weight excluding hydrogens is 334 g/mol. The van der Waals surface area contributed by atoms with Crippen LogP contribution < -0.4 is 5.32 Å². The summed E-state index contributed by atoms with van der Waals surface area (Å²) >= 11 is 0. The summed E-state index contributed by atoms with van der Waals surface area (Å²) in [5, 5.41) is 10.0. The normalized spacial score (nSPS) is 10.5. The molecule has 7 nitrogen and oxygen atoms in total. The van der Waals surface area contributed by atoms with Gasteiger partial charge in [0.25, 0.3) is 0 Å². The molecule has 0 spiro atoms. The lowest BCUT2D eigenvalue weighted by molar-refractivity contribution is -0.115. The third-order valence-electron chi connectivity index (χ3n) is 3.81. The Morgan fingerprint density at radius 2 is 1.81 bits per heavy atom. The van der Waals surface area contributed by atoms with Gasteiger partial charge in [0.05, 0.1) is 5.52 Å². The zero-order valence-electron chi connectivity index (χ0n) is 14.1. The number of para-hydroxylation sites is 1. The second kappa shape index (κ2) is 7.60. The number of benzene rings is 2. The number of nitrogens with one attached hydrogen (secondary N) is 2. The number of ether oxygens (including phenoxy) is 1. The van der Waals surface area contributed by atoms with Gasteiger partial charge in [-0.3, -0.25) is 14.7 Å². The van der Waals surface area contributed by atoms with Gasteiger partial charge in [-0.25, -0.2) is 4.79 Å². The largest absolute Gasteiger partial charge is 0.452 e. The Hall–Kier alpha value is -3.48. The number of esters is 1. The van der Waals surface area contributed by atoms with Crippen molar-refractivity contribution in [3.8, 4) is 0 Å². The molecule has 1 amide bonds. The smallest absolute Gasteiger partial charge is 0.359 e. The fourth-order valence-electron chi connectivity index (χ4n) is 2.39. The maximum atomic E-state index is 12.2. The van der Waals surface area contributed by atoms with E-state index in [-0.39, 0.29) is 24.0 Å². The zero-order chi connectivity index (χ0) is 18.5. The molecule has 0 saturated carbocycles. The van der Waals surface area contributed by atoms with E-state index in [1.54, 1.807) is 49.4 Å². The highest BCUT2D eigenvalue weighted by Gasteiger charge is 2.17. The van der Waals surface area contributed by atoms with Crippen LogP contribution >= 0.6 is 0 Å². The standard InChI is InChI=1S/C19H17N3O4/c1-2-17(24)20-13-9-7-12(8-10-13)16(23)11-26-19(25)18-14-5-3-4-6-15(14)21-22-18/h3-10H,2,11H2,1H3,(H,20,24)(H,21,22). The summed E-state index contributed by atoms with van der Waals surface area (Å²) in [5.74, 6) is -1.11. The van der Waals surface area contributed by atoms with Crippen molar-refractivity contribution < 1.29 is 19.1 Å². The van der Waals surface area contributed by atoms with Gasteiger partial charge in [-0.15, -0.1) is 0 Å². The quantitative estimate of drug-likeness (QED) is 0.525. The number of hydrogen-bond donors (Lipinski definition) is 2. The molecule has 0 aliphatic heterocycles. The number of carbonyl (C=O) groups is 3. The molecule has 1 aromatic heterocycles. The highest BCUT2D eigenvalue weighted by atomic mass is 16.5. The monoisotopic (exact) mass is 351 g/mol. The lowest BCUT2D eigenvalue weighted by atomic mass is 10.1. The molecule has 132 valence electrons. The molecule has 0 aliphatic rings. The van der Waals surface area contributed by atoms with E-state index in [9.17, 15) is 14.4 Å². The fraction of sp³-hybridized carbons (Fsp3) is 0.158. The molecule has 0 fully saturated rings. The van der Waals surface area contributed by atoms with Crippen LogP contribution in [0.25, 0.3) is 10.9 Å². The minimum atomic E-state index is -0.664. The third kappa shape index (κ3) is 3.77. The number of carbonyl (C=O) groups excluding carboxylic acids is 3. The summed E-state index contributed by atoms with van der Waals surface area (Å²) in [6, 6.07) is 13.6. The van der Waals surface area contributed by atoms with Crippen molar-refractivity contribution in [2.75, 3.05) is 11.9 Å². The van der Waals surface area contributed by atoms with Crippen LogP contribution in [0.15, 0.2) is 48.5 Å². The predicted molar refractivity (Wildman–Crippen MR) is 96.1 cm³/mol. The lowest BCUT2D eigenvalue weighted by Gasteiger charge is -2.06. The van der Waals surface area contributed by atoms with E-state index in [0.717, 1.165) is 5.52 Å². The van der Waals surface area contributed by atoms with Crippen molar-refractivity contribution >= 4 is 34.3 Å². The Kier molecular flexibility index (Phi) is 5.07. The van der Waals surface area contributed by atoms with E-state index in [1.165, 1.54) is 0 Å². The second-order valence-corrected chi connectivity index (χ2v) is 5.60. The van der Waals surface area contributed by atoms with Gasteiger partial charge in [-0.2, -0.15) is 5.10 Å². The summed E-state index contributed by atoms with van der Waals surface area (Å²) in [4.78, 5) is 35.7. The van der Waals surface area contributed by atoms with Gasteiger partial charge in [0.2, 0.25) is 5.91 Å². The minimum Gasteiger partial charge on any atom is -0.452 e. The van der Waals surface area contributed by atoms with Crippen LogP contribution in [0, 0.1) is 0 Å². The SMILES string of the molecule is CCC(=O)Nc1ccc(C(=O)COC(=O)c2n[nH]c3ccccc23)cc1. The van der Waals surface area contributed by atoms with Gasteiger partial charge in [0.1, 0.15) is 0 Å². The number of anilines is 1. The van der Waals surface area contributed by atoms with Crippen molar-refractivity contribution in [1.82, 2.24) is 10.2 Å². The molecule has 2 N–H and O–H groups in total. The number of rotatable bonds is 6. The minimum absolute atomic E-state index is 0.107. The number of fused-ring (bicyclic) bond motifs is 1. The summed E-state index contributed by atoms with van der Waals surface area (Å²) in [5.41, 5.74) is 1.86. The molecule has 0 saturated heterocycles. The first kappa shape index (κ1) is 17.3. The van der Waals surface area contributed by atoms with Crippen LogP contribution in [-0.4, -0.2) is 34.5 Å². The topological polar surface area (TPSA) is 101 Å². The first-order valence-electron chi connectivity index (χ1n) is 8.12. The van der Waals surface area contributed by atoms with Crippen molar-refractivity contribution in [1.29, 1.82) is 0 Å². The summed E-state index contributed by atoms with van der Waals surface area (Å²) in [6.45, 7) is 1.37. The maximum Gasteiger partial charge on any atom is 0.359 e. The number of aromatic amines is 1. The van der Waals surface area contributed by atoms with E-state index < -0.39 is 5.97 Å². The Labute approximate surface area is 149 Å². The van der Waals surface area contributed by atoms with Crippen molar-refractivity contribution in [3.63, 3.8) is 0 Å². The van der Waals surface area contributed by atoms with Crippen LogP contribution in [-0.2, 0) is 9.53 Å². The van der Waals surface area contributed by atoms with Gasteiger partial charge in [0, 0.05) is 23.1 Å². The molecule has 0 unspecified atom stereocenters. The first-order chi connectivity index (χ1) is 12.6. The van der Waals surface area contributed by atoms with Gasteiger partial charge < -0.3 is 10.1 Å². The highest BCUT2D eigenvalue weighted by molar-refractivity contribution is 6.04. The summed E-state index contributed by atoms with van der Waals surface area (Å²) in [6.07, 6.45) is 0.374. The molecule has 3 rings (SSSR count). The average Bonchev–Trinajstić information content (AvgIpc) is 3.10. The van der Waals surface area contributed by atoms with E-state index in [0.29, 0.717) is 23.1 Å². The van der Waals surface area contributed by atoms with Crippen LogP contribution in [0.4, 0.5) is 5.69 Å². The molecule has 0 radical (unpaired) electrons. The number of Topliss-reactive ketones (excluding diaryl/α,β-unsaturated/α-hetero) is 1. The Balaban J connectivity index is 1.61. The Morgan fingerprint density at radius 3 is 2.54 bits per heavy atom. The van der Waals surface area contributed by atoms with E-state index >= 15 is 0 Å². The predicted octanol–water partition coefficient (Wildman–Crippen LogP) is 2.95. The Bertz CT molecular complexity index is 960. The molecule has 7 heteroatoms. The van der Waals surface area contributed by atoms with Gasteiger partial charge in [-0.05, 0) is 30.3 Å². The maximum absolute atomic E-state index is 12.2. The number of nitrogens with zero attached hydrogens (tertiary/aromatic N) is 1. The number of amides is 1. The summed E-state index contributed by atoms with van der Waals surface area (Å²) < 4.78 is 5.08. The zero-order valence-corrected chi connectivity index (χ0v) is 14.1. The third-order valence-corrected chi connectivity index (χ3v) is 3.81. The molecule has 0 atom stereocenters. The summed E-state index contributed by atoms with van der Waals surface area (Å²) in [7, 11) is 0. The van der Waals surface area contributed by atoms with Gasteiger partial charge >= 0.3 is 5.97 Å². The number of hydrogen-bond acceptors (Lipinski definition) is 5. The van der Waals surface area contributed by atoms with Crippen LogP contribution in [0.2, 0.25) is 0 Å². The lowest BCUT2D eigenvalue weighted by Crippen LogP contribution is -2.15. The molecule has 3 aromatic rings. The van der Waals surface area contributed by atoms with Crippen LogP contribution in [0.1, 0.15) is 34.2 Å². The van der Waals surface area contributed by atoms with Gasteiger partial charge in [-0.1, -0.05) is 25.1 Å². The van der Waals surface area contributed by atoms with Gasteiger partial charge in [0.15, 0.2) is 18.1 Å². The van der Waals surface area contributed by atoms with E-state index in [4.69, 9.17) is 4.74 Å². The van der Waals surface area contributed by atoms with Crippen LogP contribution in [0.5, 0.6) is 0 Å².